The van der Waals surface area contributed by atoms with Crippen LogP contribution in [0.1, 0.15) is 13.8 Å². The van der Waals surface area contributed by atoms with Gasteiger partial charge >= 0.3 is 0 Å². The van der Waals surface area contributed by atoms with E-state index in [0.29, 0.717) is 6.41 Å². The van der Waals surface area contributed by atoms with Crippen molar-refractivity contribution in [2.75, 3.05) is 0 Å². The Morgan fingerprint density at radius 2 is 2.10 bits per heavy atom. The van der Waals surface area contributed by atoms with Crippen molar-refractivity contribution in [3.8, 4) is 0 Å². The van der Waals surface area contributed by atoms with Crippen LogP contribution in [-0.4, -0.2) is 11.4 Å². The zero-order valence-corrected chi connectivity index (χ0v) is 6.24. The van der Waals surface area contributed by atoms with E-state index in [1.165, 1.54) is 6.20 Å². The molecule has 2 N–H and O–H groups in total. The van der Waals surface area contributed by atoms with Crippen molar-refractivity contribution in [1.29, 1.82) is 0 Å². The summed E-state index contributed by atoms with van der Waals surface area (Å²) in [6, 6.07) is 0. The van der Waals surface area contributed by atoms with Gasteiger partial charge in [-0.05, 0) is 19.9 Å². The predicted molar refractivity (Wildman–Crippen MR) is 40.7 cm³/mol. The van der Waals surface area contributed by atoms with Gasteiger partial charge in [-0.15, -0.1) is 0 Å². The van der Waals surface area contributed by atoms with Crippen LogP contribution in [0.2, 0.25) is 0 Å². The van der Waals surface area contributed by atoms with Gasteiger partial charge in [0, 0.05) is 6.20 Å². The van der Waals surface area contributed by atoms with Crippen molar-refractivity contribution in [3.05, 3.63) is 23.9 Å². The Balaban J connectivity index is 3.76. The fraction of sp³-hybridized carbons (Fsp3) is 0.286. The predicted octanol–water partition coefficient (Wildman–Crippen LogP) is 0.798. The molecule has 1 amide bonds. The minimum Gasteiger partial charge on any atom is -0.277 e. The van der Waals surface area contributed by atoms with Crippen molar-refractivity contribution in [2.45, 2.75) is 13.8 Å². The number of hydrazine groups is 1. The van der Waals surface area contributed by atoms with Crippen LogP contribution in [0, 0.1) is 0 Å². The molecule has 0 spiro atoms. The molecule has 0 bridgehead atoms. The molecule has 0 unspecified atom stereocenters. The number of hydrogen-bond acceptors (Lipinski definition) is 2. The molecule has 0 rings (SSSR count). The van der Waals surface area contributed by atoms with Gasteiger partial charge in [0.25, 0.3) is 0 Å². The van der Waals surface area contributed by atoms with Gasteiger partial charge in [0.1, 0.15) is 0 Å². The summed E-state index contributed by atoms with van der Waals surface area (Å²) in [7, 11) is 0. The largest absolute Gasteiger partial charge is 0.277 e. The zero-order valence-electron chi connectivity index (χ0n) is 6.24. The molecular weight excluding hydrogens is 128 g/mol. The summed E-state index contributed by atoms with van der Waals surface area (Å²) in [4.78, 5) is 9.91. The molecule has 0 aliphatic heterocycles. The lowest BCUT2D eigenvalue weighted by molar-refractivity contribution is -0.116. The summed E-state index contributed by atoms with van der Waals surface area (Å²) in [5, 5.41) is 0.958. The smallest absolute Gasteiger partial charge is 0.227 e. The number of nitrogens with two attached hydrogens (primary N) is 1. The molecule has 0 aliphatic rings. The van der Waals surface area contributed by atoms with Gasteiger partial charge in [0.15, 0.2) is 0 Å². The SMILES string of the molecule is CC(C)=C/C=C\N(N)C=O. The van der Waals surface area contributed by atoms with E-state index in [1.807, 2.05) is 19.9 Å². The molecule has 0 atom stereocenters. The highest BCUT2D eigenvalue weighted by molar-refractivity contribution is 5.47. The normalized spacial score (nSPS) is 9.50. The van der Waals surface area contributed by atoms with Crippen LogP contribution in [0.4, 0.5) is 0 Å². The van der Waals surface area contributed by atoms with Crippen LogP contribution in [0.15, 0.2) is 23.9 Å². The molecule has 10 heavy (non-hydrogen) atoms. The Labute approximate surface area is 60.8 Å². The topological polar surface area (TPSA) is 46.3 Å². The van der Waals surface area contributed by atoms with Crippen LogP contribution >= 0.6 is 0 Å². The third kappa shape index (κ3) is 5.05. The fourth-order valence-electron chi connectivity index (χ4n) is 0.370. The van der Waals surface area contributed by atoms with Crippen molar-refractivity contribution >= 4 is 6.41 Å². The minimum atomic E-state index is 0.537. The summed E-state index contributed by atoms with van der Waals surface area (Å²) in [5.41, 5.74) is 1.16. The number of carbonyl (C=O) groups excluding carboxylic acids is 1. The summed E-state index contributed by atoms with van der Waals surface area (Å²) >= 11 is 0. The first kappa shape index (κ1) is 8.91. The lowest BCUT2D eigenvalue weighted by atomic mass is 10.3. The van der Waals surface area contributed by atoms with E-state index in [1.54, 1.807) is 6.08 Å². The highest BCUT2D eigenvalue weighted by atomic mass is 16.1. The molecule has 0 saturated heterocycles. The van der Waals surface area contributed by atoms with E-state index < -0.39 is 0 Å². The quantitative estimate of drug-likeness (QED) is 0.207. The molecule has 0 aliphatic carbocycles. The third-order valence-corrected chi connectivity index (χ3v) is 0.809. The van der Waals surface area contributed by atoms with Crippen LogP contribution in [0.3, 0.4) is 0 Å². The number of rotatable bonds is 3. The van der Waals surface area contributed by atoms with Gasteiger partial charge in [0.2, 0.25) is 6.41 Å². The van der Waals surface area contributed by atoms with Crippen molar-refractivity contribution < 1.29 is 4.79 Å². The molecule has 0 saturated carbocycles. The molecule has 0 aromatic heterocycles. The standard InChI is InChI=1S/C7H12N2O/c1-7(2)4-3-5-9(8)6-10/h3-6H,8H2,1-2H3/b5-3-. The maximum atomic E-state index is 9.91. The molecule has 56 valence electrons. The highest BCUT2D eigenvalue weighted by Gasteiger charge is 1.79. The lowest BCUT2D eigenvalue weighted by Crippen LogP contribution is -2.22. The van der Waals surface area contributed by atoms with Gasteiger partial charge in [-0.2, -0.15) is 0 Å². The van der Waals surface area contributed by atoms with Gasteiger partial charge in [-0.1, -0.05) is 11.6 Å². The van der Waals surface area contributed by atoms with E-state index >= 15 is 0 Å². The Hall–Kier alpha value is -1.09. The third-order valence-electron chi connectivity index (χ3n) is 0.809. The Kier molecular flexibility index (Phi) is 4.24. The van der Waals surface area contributed by atoms with E-state index in [4.69, 9.17) is 5.84 Å². The number of amides is 1. The molecule has 3 heteroatoms. The van der Waals surface area contributed by atoms with Crippen LogP contribution in [-0.2, 0) is 4.79 Å². The summed E-state index contributed by atoms with van der Waals surface area (Å²) in [6.07, 6.45) is 5.60. The number of carbonyl (C=O) groups is 1. The highest BCUT2D eigenvalue weighted by Crippen LogP contribution is 1.88. The van der Waals surface area contributed by atoms with Crippen molar-refractivity contribution in [3.63, 3.8) is 0 Å². The second-order valence-corrected chi connectivity index (χ2v) is 2.14. The van der Waals surface area contributed by atoms with E-state index in [2.05, 4.69) is 0 Å². The van der Waals surface area contributed by atoms with Gasteiger partial charge in [0.05, 0.1) is 0 Å². The lowest BCUT2D eigenvalue weighted by Gasteiger charge is -1.98. The summed E-state index contributed by atoms with van der Waals surface area (Å²) in [6.45, 7) is 3.93. The minimum absolute atomic E-state index is 0.537. The second-order valence-electron chi connectivity index (χ2n) is 2.14. The molecule has 0 aromatic carbocycles. The Morgan fingerprint density at radius 1 is 1.50 bits per heavy atom. The first-order valence-corrected chi connectivity index (χ1v) is 2.97. The average molecular weight is 140 g/mol. The number of nitrogens with zero attached hydrogens (tertiary/aromatic N) is 1. The van der Waals surface area contributed by atoms with E-state index in [0.717, 1.165) is 10.6 Å². The van der Waals surface area contributed by atoms with Crippen molar-refractivity contribution in [1.82, 2.24) is 5.01 Å². The summed E-state index contributed by atoms with van der Waals surface area (Å²) < 4.78 is 0. The Morgan fingerprint density at radius 3 is 2.50 bits per heavy atom. The maximum absolute atomic E-state index is 9.91. The van der Waals surface area contributed by atoms with Crippen LogP contribution < -0.4 is 5.84 Å². The molecule has 0 aromatic rings. The zero-order chi connectivity index (χ0) is 7.98. The van der Waals surface area contributed by atoms with Gasteiger partial charge in [-0.25, -0.2) is 5.84 Å². The summed E-state index contributed by atoms with van der Waals surface area (Å²) in [5.74, 6) is 5.11. The molecular formula is C7H12N2O. The molecule has 3 nitrogen and oxygen atoms in total. The molecule has 0 radical (unpaired) electrons. The Bertz CT molecular complexity index is 157. The van der Waals surface area contributed by atoms with E-state index in [-0.39, 0.29) is 0 Å². The molecule has 0 heterocycles. The molecule has 0 fully saturated rings. The van der Waals surface area contributed by atoms with Crippen LogP contribution in [0.5, 0.6) is 0 Å². The van der Waals surface area contributed by atoms with E-state index in [9.17, 15) is 4.79 Å². The number of allylic oxidation sites excluding steroid dienone is 3. The first-order chi connectivity index (χ1) is 4.66. The van der Waals surface area contributed by atoms with Crippen LogP contribution in [0.25, 0.3) is 0 Å². The average Bonchev–Trinajstić information content (AvgIpc) is 1.87. The second kappa shape index (κ2) is 4.76. The monoisotopic (exact) mass is 140 g/mol. The van der Waals surface area contributed by atoms with Gasteiger partial charge < -0.3 is 0 Å². The maximum Gasteiger partial charge on any atom is 0.227 e. The fourth-order valence-corrected chi connectivity index (χ4v) is 0.370. The van der Waals surface area contributed by atoms with Gasteiger partial charge in [-0.3, -0.25) is 9.80 Å². The first-order valence-electron chi connectivity index (χ1n) is 2.97. The number of hydrogen-bond donors (Lipinski definition) is 1. The van der Waals surface area contributed by atoms with Crippen molar-refractivity contribution in [2.24, 2.45) is 5.84 Å².